The lowest BCUT2D eigenvalue weighted by molar-refractivity contribution is -0.118. The second-order valence-corrected chi connectivity index (χ2v) is 7.72. The molecule has 33 heavy (non-hydrogen) atoms. The van der Waals surface area contributed by atoms with Crippen molar-refractivity contribution in [1.29, 1.82) is 0 Å². The molecule has 0 spiro atoms. The highest BCUT2D eigenvalue weighted by Crippen LogP contribution is 2.23. The van der Waals surface area contributed by atoms with Gasteiger partial charge in [0.15, 0.2) is 0 Å². The smallest absolute Gasteiger partial charge is 0.268 e. The molecule has 0 saturated carbocycles. The number of aryl methyl sites for hydroxylation is 1. The summed E-state index contributed by atoms with van der Waals surface area (Å²) in [5.41, 5.74) is 0.544. The number of amides is 2. The van der Waals surface area contributed by atoms with Crippen LogP contribution in [0.5, 0.6) is 0 Å². The van der Waals surface area contributed by atoms with E-state index in [4.69, 9.17) is 13.6 Å². The summed E-state index contributed by atoms with van der Waals surface area (Å²) in [6, 6.07) is 15.8. The molecule has 8 nitrogen and oxygen atoms in total. The topological polar surface area (TPSA) is 97.0 Å². The van der Waals surface area contributed by atoms with Gasteiger partial charge < -0.3 is 24.2 Å². The Hall–Kier alpha value is -3.62. The number of ether oxygens (including phenoxy) is 1. The molecule has 8 heteroatoms. The summed E-state index contributed by atoms with van der Waals surface area (Å²) in [7, 11) is 0. The monoisotopic (exact) mass is 449 g/mol. The molecule has 0 bridgehead atoms. The van der Waals surface area contributed by atoms with Crippen molar-refractivity contribution < 1.29 is 23.2 Å². The molecule has 4 rings (SSSR count). The molecule has 1 atom stereocenters. The molecule has 1 aliphatic heterocycles. The Balaban J connectivity index is 1.50. The predicted molar refractivity (Wildman–Crippen MR) is 122 cm³/mol. The fraction of sp³-hybridized carbons (Fsp3) is 0.280. The van der Waals surface area contributed by atoms with Crippen molar-refractivity contribution >= 4 is 17.9 Å². The highest BCUT2D eigenvalue weighted by molar-refractivity contribution is 6.05. The van der Waals surface area contributed by atoms with E-state index in [9.17, 15) is 9.59 Å². The third kappa shape index (κ3) is 6.00. The average Bonchev–Trinajstić information content (AvgIpc) is 3.52. The molecule has 0 radical (unpaired) electrons. The quantitative estimate of drug-likeness (QED) is 0.513. The predicted octanol–water partition coefficient (Wildman–Crippen LogP) is 3.14. The van der Waals surface area contributed by atoms with E-state index in [2.05, 4.69) is 15.5 Å². The number of morpholine rings is 1. The SMILES string of the molecule is Cc1ccc(C(CNC(=O)C(=Cc2ccco2)NC(=O)c2ccccc2)N2CCOCC2)o1. The first kappa shape index (κ1) is 22.6. The lowest BCUT2D eigenvalue weighted by atomic mass is 10.1. The number of nitrogens with zero attached hydrogens (tertiary/aromatic N) is 1. The fourth-order valence-electron chi connectivity index (χ4n) is 3.67. The molecule has 1 aromatic carbocycles. The van der Waals surface area contributed by atoms with E-state index in [0.29, 0.717) is 31.1 Å². The summed E-state index contributed by atoms with van der Waals surface area (Å²) < 4.78 is 16.7. The maximum Gasteiger partial charge on any atom is 0.268 e. The van der Waals surface area contributed by atoms with Crippen LogP contribution < -0.4 is 10.6 Å². The number of benzene rings is 1. The van der Waals surface area contributed by atoms with Crippen molar-refractivity contribution in [1.82, 2.24) is 15.5 Å². The second-order valence-electron chi connectivity index (χ2n) is 7.72. The summed E-state index contributed by atoms with van der Waals surface area (Å²) in [5, 5.41) is 5.66. The Morgan fingerprint density at radius 1 is 1.06 bits per heavy atom. The van der Waals surface area contributed by atoms with E-state index in [-0.39, 0.29) is 17.6 Å². The summed E-state index contributed by atoms with van der Waals surface area (Å²) in [5.74, 6) is 1.25. The number of rotatable bonds is 8. The fourth-order valence-corrected chi connectivity index (χ4v) is 3.67. The molecule has 2 amide bonds. The zero-order valence-corrected chi connectivity index (χ0v) is 18.5. The standard InChI is InChI=1S/C25H27N3O5/c1-18-9-10-23(33-18)22(28-11-14-31-15-12-28)17-26-25(30)21(16-20-8-5-13-32-20)27-24(29)19-6-3-2-4-7-19/h2-10,13,16,22H,11-12,14-15,17H2,1H3,(H,26,30)(H,27,29). The first-order valence-corrected chi connectivity index (χ1v) is 10.9. The lowest BCUT2D eigenvalue weighted by Gasteiger charge is -2.33. The highest BCUT2D eigenvalue weighted by Gasteiger charge is 2.26. The van der Waals surface area contributed by atoms with Crippen LogP contribution >= 0.6 is 0 Å². The minimum Gasteiger partial charge on any atom is -0.465 e. The minimum atomic E-state index is -0.419. The van der Waals surface area contributed by atoms with E-state index >= 15 is 0 Å². The first-order valence-electron chi connectivity index (χ1n) is 10.9. The van der Waals surface area contributed by atoms with E-state index in [1.54, 1.807) is 36.4 Å². The Labute approximate surface area is 192 Å². The van der Waals surface area contributed by atoms with Gasteiger partial charge in [0, 0.05) is 31.3 Å². The number of hydrogen-bond donors (Lipinski definition) is 2. The molecule has 1 fully saturated rings. The average molecular weight is 450 g/mol. The van der Waals surface area contributed by atoms with Crippen LogP contribution in [0.25, 0.3) is 6.08 Å². The maximum absolute atomic E-state index is 13.2. The Kier molecular flexibility index (Phi) is 7.39. The third-order valence-corrected chi connectivity index (χ3v) is 5.39. The van der Waals surface area contributed by atoms with E-state index < -0.39 is 5.91 Å². The van der Waals surface area contributed by atoms with Gasteiger partial charge in [-0.05, 0) is 43.3 Å². The van der Waals surface area contributed by atoms with Crippen LogP contribution in [0.15, 0.2) is 75.4 Å². The van der Waals surface area contributed by atoms with Gasteiger partial charge >= 0.3 is 0 Å². The molecule has 3 heterocycles. The Morgan fingerprint density at radius 3 is 2.52 bits per heavy atom. The number of carbonyl (C=O) groups is 2. The van der Waals surface area contributed by atoms with Crippen molar-refractivity contribution in [2.75, 3.05) is 32.8 Å². The van der Waals surface area contributed by atoms with Crippen LogP contribution in [-0.4, -0.2) is 49.6 Å². The van der Waals surface area contributed by atoms with Crippen LogP contribution in [0.4, 0.5) is 0 Å². The van der Waals surface area contributed by atoms with Crippen molar-refractivity contribution in [3.63, 3.8) is 0 Å². The van der Waals surface area contributed by atoms with Gasteiger partial charge in [-0.3, -0.25) is 14.5 Å². The van der Waals surface area contributed by atoms with E-state index in [0.717, 1.165) is 24.6 Å². The molecule has 172 valence electrons. The van der Waals surface area contributed by atoms with Gasteiger partial charge in [0.2, 0.25) is 0 Å². The third-order valence-electron chi connectivity index (χ3n) is 5.39. The molecule has 0 aliphatic carbocycles. The molecule has 1 unspecified atom stereocenters. The summed E-state index contributed by atoms with van der Waals surface area (Å²) >= 11 is 0. The van der Waals surface area contributed by atoms with Gasteiger partial charge in [0.05, 0.1) is 25.5 Å². The molecule has 2 aromatic heterocycles. The van der Waals surface area contributed by atoms with Crippen molar-refractivity contribution in [2.24, 2.45) is 0 Å². The zero-order chi connectivity index (χ0) is 23.0. The highest BCUT2D eigenvalue weighted by atomic mass is 16.5. The van der Waals surface area contributed by atoms with Crippen LogP contribution in [0.2, 0.25) is 0 Å². The summed E-state index contributed by atoms with van der Waals surface area (Å²) in [6.07, 6.45) is 3.02. The normalized spacial score (nSPS) is 15.7. The van der Waals surface area contributed by atoms with Gasteiger partial charge in [-0.2, -0.15) is 0 Å². The van der Waals surface area contributed by atoms with E-state index in [1.807, 2.05) is 25.1 Å². The maximum atomic E-state index is 13.2. The van der Waals surface area contributed by atoms with Gasteiger partial charge in [-0.15, -0.1) is 0 Å². The first-order chi connectivity index (χ1) is 16.1. The second kappa shape index (κ2) is 10.8. The van der Waals surface area contributed by atoms with Gasteiger partial charge in [0.1, 0.15) is 23.0 Å². The Morgan fingerprint density at radius 2 is 1.85 bits per heavy atom. The van der Waals surface area contributed by atoms with Crippen LogP contribution in [0.1, 0.15) is 33.7 Å². The largest absolute Gasteiger partial charge is 0.465 e. The summed E-state index contributed by atoms with van der Waals surface area (Å²) in [4.78, 5) is 28.1. The number of furan rings is 2. The molecule has 2 N–H and O–H groups in total. The van der Waals surface area contributed by atoms with Crippen LogP contribution in [-0.2, 0) is 9.53 Å². The van der Waals surface area contributed by atoms with Crippen LogP contribution in [0.3, 0.4) is 0 Å². The van der Waals surface area contributed by atoms with Crippen molar-refractivity contribution in [3.8, 4) is 0 Å². The number of hydrogen-bond acceptors (Lipinski definition) is 6. The Bertz CT molecular complexity index is 1080. The van der Waals surface area contributed by atoms with Crippen molar-refractivity contribution in [3.05, 3.63) is 89.4 Å². The van der Waals surface area contributed by atoms with Crippen molar-refractivity contribution in [2.45, 2.75) is 13.0 Å². The van der Waals surface area contributed by atoms with Gasteiger partial charge in [0.25, 0.3) is 11.8 Å². The van der Waals surface area contributed by atoms with E-state index in [1.165, 1.54) is 12.3 Å². The lowest BCUT2D eigenvalue weighted by Crippen LogP contribution is -2.44. The zero-order valence-electron chi connectivity index (χ0n) is 18.5. The van der Waals surface area contributed by atoms with Crippen LogP contribution in [0, 0.1) is 6.92 Å². The molecule has 1 aliphatic rings. The molecule has 1 saturated heterocycles. The minimum absolute atomic E-state index is 0.0927. The van der Waals surface area contributed by atoms with Gasteiger partial charge in [-0.1, -0.05) is 18.2 Å². The molecular weight excluding hydrogens is 422 g/mol. The van der Waals surface area contributed by atoms with Gasteiger partial charge in [-0.25, -0.2) is 0 Å². The molecule has 3 aromatic rings. The number of carbonyl (C=O) groups excluding carboxylic acids is 2. The molecular formula is C25H27N3O5. The number of nitrogens with one attached hydrogen (secondary N) is 2. The summed E-state index contributed by atoms with van der Waals surface area (Å²) in [6.45, 7) is 4.92.